The molecule has 0 radical (unpaired) electrons. The van der Waals surface area contributed by atoms with Crippen LogP contribution in [0.5, 0.6) is 0 Å². The number of hydrogen-bond acceptors (Lipinski definition) is 5. The highest BCUT2D eigenvalue weighted by molar-refractivity contribution is 5.96. The Balaban J connectivity index is 2.88. The number of ether oxygens (including phenoxy) is 2. The van der Waals surface area contributed by atoms with E-state index in [1.54, 1.807) is 32.4 Å². The lowest BCUT2D eigenvalue weighted by molar-refractivity contribution is -0.132. The van der Waals surface area contributed by atoms with Gasteiger partial charge in [0.1, 0.15) is 11.6 Å². The van der Waals surface area contributed by atoms with Crippen molar-refractivity contribution in [3.8, 4) is 6.07 Å². The number of anilines is 1. The molecule has 0 heterocycles. The maximum absolute atomic E-state index is 10.8. The van der Waals surface area contributed by atoms with Gasteiger partial charge in [-0.25, -0.2) is 4.79 Å². The number of benzene rings is 1. The summed E-state index contributed by atoms with van der Waals surface area (Å²) in [7, 11) is 3.30. The zero-order valence-corrected chi connectivity index (χ0v) is 12.8. The third-order valence-corrected chi connectivity index (χ3v) is 3.05. The van der Waals surface area contributed by atoms with Crippen molar-refractivity contribution in [2.24, 2.45) is 0 Å². The SMILES string of the molecule is COCCN(CCOC)c1ccc(C=C(C#N)C(=O)O)cc1. The van der Waals surface area contributed by atoms with Crippen molar-refractivity contribution in [3.05, 3.63) is 35.4 Å². The van der Waals surface area contributed by atoms with Crippen LogP contribution in [-0.2, 0) is 14.3 Å². The van der Waals surface area contributed by atoms with E-state index in [4.69, 9.17) is 19.8 Å². The van der Waals surface area contributed by atoms with Gasteiger partial charge in [0.15, 0.2) is 0 Å². The molecule has 1 rings (SSSR count). The monoisotopic (exact) mass is 304 g/mol. The van der Waals surface area contributed by atoms with Gasteiger partial charge in [-0.15, -0.1) is 0 Å². The third kappa shape index (κ3) is 5.56. The van der Waals surface area contributed by atoms with Crippen LogP contribution in [0.4, 0.5) is 5.69 Å². The highest BCUT2D eigenvalue weighted by atomic mass is 16.5. The number of rotatable bonds is 9. The summed E-state index contributed by atoms with van der Waals surface area (Å²) in [6.07, 6.45) is 1.35. The molecular formula is C16H20N2O4. The highest BCUT2D eigenvalue weighted by Gasteiger charge is 2.08. The van der Waals surface area contributed by atoms with Crippen molar-refractivity contribution >= 4 is 17.7 Å². The molecular weight excluding hydrogens is 284 g/mol. The first kappa shape index (κ1) is 17.7. The van der Waals surface area contributed by atoms with E-state index in [1.165, 1.54) is 6.08 Å². The highest BCUT2D eigenvalue weighted by Crippen LogP contribution is 2.17. The summed E-state index contributed by atoms with van der Waals surface area (Å²) in [5, 5.41) is 17.6. The van der Waals surface area contributed by atoms with Crippen molar-refractivity contribution < 1.29 is 19.4 Å². The van der Waals surface area contributed by atoms with Gasteiger partial charge in [-0.05, 0) is 23.8 Å². The summed E-state index contributed by atoms with van der Waals surface area (Å²) in [6.45, 7) is 2.66. The third-order valence-electron chi connectivity index (χ3n) is 3.05. The fraction of sp³-hybridized carbons (Fsp3) is 0.375. The molecule has 0 saturated carbocycles. The lowest BCUT2D eigenvalue weighted by Crippen LogP contribution is -2.30. The van der Waals surface area contributed by atoms with E-state index in [9.17, 15) is 4.79 Å². The summed E-state index contributed by atoms with van der Waals surface area (Å²) in [6, 6.07) is 8.99. The minimum Gasteiger partial charge on any atom is -0.477 e. The number of nitriles is 1. The molecule has 1 aromatic rings. The standard InChI is InChI=1S/C16H20N2O4/c1-21-9-7-18(8-10-22-2)15-5-3-13(4-6-15)11-14(12-17)16(19)20/h3-6,11H,7-10H2,1-2H3,(H,19,20). The molecule has 0 fully saturated rings. The van der Waals surface area contributed by atoms with Gasteiger partial charge in [0.2, 0.25) is 0 Å². The number of carboxylic acid groups (broad SMARTS) is 1. The second-order valence-electron chi connectivity index (χ2n) is 4.54. The summed E-state index contributed by atoms with van der Waals surface area (Å²) >= 11 is 0. The van der Waals surface area contributed by atoms with E-state index in [0.29, 0.717) is 18.8 Å². The second kappa shape index (κ2) is 9.55. The van der Waals surface area contributed by atoms with Gasteiger partial charge in [0, 0.05) is 33.0 Å². The summed E-state index contributed by atoms with van der Waals surface area (Å²) in [5.74, 6) is -1.23. The zero-order valence-electron chi connectivity index (χ0n) is 12.8. The Morgan fingerprint density at radius 3 is 2.18 bits per heavy atom. The molecule has 0 aliphatic carbocycles. The lowest BCUT2D eigenvalue weighted by atomic mass is 10.1. The molecule has 0 bridgehead atoms. The van der Waals surface area contributed by atoms with Crippen LogP contribution in [0.2, 0.25) is 0 Å². The topological polar surface area (TPSA) is 82.8 Å². The van der Waals surface area contributed by atoms with Gasteiger partial charge in [-0.3, -0.25) is 0 Å². The predicted molar refractivity (Wildman–Crippen MR) is 83.6 cm³/mol. The van der Waals surface area contributed by atoms with E-state index in [0.717, 1.165) is 18.8 Å². The van der Waals surface area contributed by atoms with E-state index in [2.05, 4.69) is 4.90 Å². The smallest absolute Gasteiger partial charge is 0.346 e. The lowest BCUT2D eigenvalue weighted by Gasteiger charge is -2.24. The Labute approximate surface area is 130 Å². The van der Waals surface area contributed by atoms with Gasteiger partial charge < -0.3 is 19.5 Å². The number of nitrogens with zero attached hydrogens (tertiary/aromatic N) is 2. The van der Waals surface area contributed by atoms with Crippen LogP contribution in [0.25, 0.3) is 6.08 Å². The van der Waals surface area contributed by atoms with Gasteiger partial charge in [0.25, 0.3) is 0 Å². The fourth-order valence-electron chi connectivity index (χ4n) is 1.86. The van der Waals surface area contributed by atoms with Crippen molar-refractivity contribution in [1.29, 1.82) is 5.26 Å². The Morgan fingerprint density at radius 2 is 1.77 bits per heavy atom. The molecule has 0 unspecified atom stereocenters. The van der Waals surface area contributed by atoms with Gasteiger partial charge in [-0.2, -0.15) is 5.26 Å². The quantitative estimate of drug-likeness (QED) is 0.553. The molecule has 6 nitrogen and oxygen atoms in total. The molecule has 0 spiro atoms. The van der Waals surface area contributed by atoms with Crippen LogP contribution in [0.15, 0.2) is 29.8 Å². The molecule has 0 aliphatic heterocycles. The van der Waals surface area contributed by atoms with Crippen LogP contribution < -0.4 is 4.90 Å². The molecule has 118 valence electrons. The first-order valence-electron chi connectivity index (χ1n) is 6.80. The Morgan fingerprint density at radius 1 is 1.23 bits per heavy atom. The molecule has 0 aliphatic rings. The largest absolute Gasteiger partial charge is 0.477 e. The van der Waals surface area contributed by atoms with Crippen molar-refractivity contribution in [2.45, 2.75) is 0 Å². The molecule has 0 atom stereocenters. The number of carboxylic acids is 1. The van der Waals surface area contributed by atoms with Crippen LogP contribution in [0.3, 0.4) is 0 Å². The first-order valence-corrected chi connectivity index (χ1v) is 6.80. The van der Waals surface area contributed by atoms with Gasteiger partial charge >= 0.3 is 5.97 Å². The molecule has 6 heteroatoms. The van der Waals surface area contributed by atoms with Crippen LogP contribution in [0, 0.1) is 11.3 Å². The molecule has 1 aromatic carbocycles. The maximum atomic E-state index is 10.8. The summed E-state index contributed by atoms with van der Waals surface area (Å²) < 4.78 is 10.2. The van der Waals surface area contributed by atoms with E-state index in [1.807, 2.05) is 12.1 Å². The molecule has 1 N–H and O–H groups in total. The van der Waals surface area contributed by atoms with Crippen molar-refractivity contribution in [1.82, 2.24) is 0 Å². The Bertz CT molecular complexity index is 538. The average molecular weight is 304 g/mol. The van der Waals surface area contributed by atoms with Crippen molar-refractivity contribution in [3.63, 3.8) is 0 Å². The average Bonchev–Trinajstić information content (AvgIpc) is 2.53. The normalized spacial score (nSPS) is 11.0. The predicted octanol–water partition coefficient (Wildman–Crippen LogP) is 1.78. The van der Waals surface area contributed by atoms with Crippen molar-refractivity contribution in [2.75, 3.05) is 45.4 Å². The summed E-state index contributed by atoms with van der Waals surface area (Å²) in [4.78, 5) is 12.9. The maximum Gasteiger partial charge on any atom is 0.346 e. The fourth-order valence-corrected chi connectivity index (χ4v) is 1.86. The number of aliphatic carboxylic acids is 1. The summed E-state index contributed by atoms with van der Waals surface area (Å²) in [5.41, 5.74) is 1.37. The van der Waals surface area contributed by atoms with Crippen LogP contribution in [0.1, 0.15) is 5.56 Å². The number of hydrogen-bond donors (Lipinski definition) is 1. The van der Waals surface area contributed by atoms with Gasteiger partial charge in [0.05, 0.1) is 13.2 Å². The van der Waals surface area contributed by atoms with Crippen LogP contribution in [-0.4, -0.2) is 51.6 Å². The van der Waals surface area contributed by atoms with Gasteiger partial charge in [-0.1, -0.05) is 12.1 Å². The first-order chi connectivity index (χ1) is 10.6. The van der Waals surface area contributed by atoms with E-state index in [-0.39, 0.29) is 5.57 Å². The minimum absolute atomic E-state index is 0.289. The van der Waals surface area contributed by atoms with Crippen LogP contribution >= 0.6 is 0 Å². The number of carbonyl (C=O) groups is 1. The second-order valence-corrected chi connectivity index (χ2v) is 4.54. The Hall–Kier alpha value is -2.36. The van der Waals surface area contributed by atoms with E-state index >= 15 is 0 Å². The molecule has 0 aromatic heterocycles. The molecule has 0 saturated heterocycles. The Kier molecular flexibility index (Phi) is 7.68. The molecule has 22 heavy (non-hydrogen) atoms. The number of methoxy groups -OCH3 is 2. The van der Waals surface area contributed by atoms with E-state index < -0.39 is 5.97 Å². The minimum atomic E-state index is -1.23. The zero-order chi connectivity index (χ0) is 16.4. The molecule has 0 amide bonds.